The highest BCUT2D eigenvalue weighted by Crippen LogP contribution is 2.26. The summed E-state index contributed by atoms with van der Waals surface area (Å²) in [5.41, 5.74) is 4.61. The molecule has 2 aliphatic rings. The Hall–Kier alpha value is -2.82. The highest BCUT2D eigenvalue weighted by atomic mass is 16.5. The third-order valence-electron chi connectivity index (χ3n) is 5.76. The number of fused-ring (bicyclic) bond motifs is 1. The van der Waals surface area contributed by atoms with Crippen molar-refractivity contribution in [1.82, 2.24) is 5.32 Å². The monoisotopic (exact) mass is 392 g/mol. The van der Waals surface area contributed by atoms with Crippen LogP contribution in [0.2, 0.25) is 0 Å². The lowest BCUT2D eigenvalue weighted by Gasteiger charge is -2.19. The van der Waals surface area contributed by atoms with E-state index < -0.39 is 6.10 Å². The highest BCUT2D eigenvalue weighted by Gasteiger charge is 2.22. The summed E-state index contributed by atoms with van der Waals surface area (Å²) in [7, 11) is 0. The van der Waals surface area contributed by atoms with Gasteiger partial charge in [0, 0.05) is 25.2 Å². The molecule has 1 unspecified atom stereocenters. The Balaban J connectivity index is 1.33. The summed E-state index contributed by atoms with van der Waals surface area (Å²) in [5, 5.41) is 2.94. The van der Waals surface area contributed by atoms with Gasteiger partial charge in [-0.15, -0.1) is 0 Å². The summed E-state index contributed by atoms with van der Waals surface area (Å²) in [5.74, 6) is 0.770. The molecular formula is C24H28N2O3. The first-order chi connectivity index (χ1) is 14.1. The molecule has 29 heavy (non-hydrogen) atoms. The molecule has 1 aliphatic heterocycles. The number of nitrogens with one attached hydrogen (secondary N) is 1. The maximum absolute atomic E-state index is 12.5. The number of benzene rings is 2. The maximum Gasteiger partial charge on any atom is 0.261 e. The molecule has 1 fully saturated rings. The topological polar surface area (TPSA) is 58.6 Å². The molecule has 5 heteroatoms. The van der Waals surface area contributed by atoms with Crippen LogP contribution in [0.4, 0.5) is 5.69 Å². The number of rotatable bonds is 6. The van der Waals surface area contributed by atoms with Gasteiger partial charge in [-0.05, 0) is 80.0 Å². The van der Waals surface area contributed by atoms with Crippen molar-refractivity contribution >= 4 is 17.5 Å². The standard InChI is InChI=1S/C24H28N2O3/c1-17(29-22-12-11-19-7-2-3-8-20(19)15-22)24(28)25-16-18-6-4-9-21(14-18)26-13-5-10-23(26)27/h4,6,9,11-12,14-15,17H,2-3,5,7-8,10,13,16H2,1H3,(H,25,28). The zero-order chi connectivity index (χ0) is 20.2. The zero-order valence-corrected chi connectivity index (χ0v) is 16.9. The van der Waals surface area contributed by atoms with E-state index in [1.54, 1.807) is 6.92 Å². The summed E-state index contributed by atoms with van der Waals surface area (Å²) in [6.07, 6.45) is 5.63. The van der Waals surface area contributed by atoms with Gasteiger partial charge in [0.15, 0.2) is 6.10 Å². The summed E-state index contributed by atoms with van der Waals surface area (Å²) in [6, 6.07) is 14.0. The number of aryl methyl sites for hydroxylation is 2. The molecule has 5 nitrogen and oxygen atoms in total. The molecule has 2 amide bonds. The fourth-order valence-electron chi connectivity index (χ4n) is 4.13. The Bertz CT molecular complexity index is 909. The number of hydrogen-bond acceptors (Lipinski definition) is 3. The Morgan fingerprint density at radius 1 is 1.07 bits per heavy atom. The van der Waals surface area contributed by atoms with E-state index in [0.717, 1.165) is 42.8 Å². The largest absolute Gasteiger partial charge is 0.481 e. The molecule has 0 saturated carbocycles. The molecule has 1 saturated heterocycles. The van der Waals surface area contributed by atoms with E-state index in [0.29, 0.717) is 13.0 Å². The molecule has 0 bridgehead atoms. The average Bonchev–Trinajstić information content (AvgIpc) is 3.18. The SMILES string of the molecule is CC(Oc1ccc2c(c1)CCCC2)C(=O)NCc1cccc(N2CCCC2=O)c1. The zero-order valence-electron chi connectivity index (χ0n) is 16.9. The first kappa shape index (κ1) is 19.5. The van der Waals surface area contributed by atoms with Crippen LogP contribution in [0.15, 0.2) is 42.5 Å². The fraction of sp³-hybridized carbons (Fsp3) is 0.417. The van der Waals surface area contributed by atoms with E-state index in [4.69, 9.17) is 4.74 Å². The minimum atomic E-state index is -0.569. The van der Waals surface area contributed by atoms with Crippen molar-refractivity contribution in [2.45, 2.75) is 58.1 Å². The molecule has 1 atom stereocenters. The molecule has 4 rings (SSSR count). The number of anilines is 1. The minimum Gasteiger partial charge on any atom is -0.481 e. The van der Waals surface area contributed by atoms with Crippen molar-refractivity contribution in [3.63, 3.8) is 0 Å². The van der Waals surface area contributed by atoms with Crippen molar-refractivity contribution in [2.75, 3.05) is 11.4 Å². The second-order valence-corrected chi connectivity index (χ2v) is 7.93. The minimum absolute atomic E-state index is 0.148. The van der Waals surface area contributed by atoms with Crippen LogP contribution in [0.1, 0.15) is 49.3 Å². The maximum atomic E-state index is 12.5. The van der Waals surface area contributed by atoms with Gasteiger partial charge < -0.3 is 15.0 Å². The van der Waals surface area contributed by atoms with E-state index in [9.17, 15) is 9.59 Å². The molecule has 2 aromatic carbocycles. The summed E-state index contributed by atoms with van der Waals surface area (Å²) in [6.45, 7) is 2.95. The average molecular weight is 392 g/mol. The van der Waals surface area contributed by atoms with E-state index in [2.05, 4.69) is 17.4 Å². The number of carbonyl (C=O) groups excluding carboxylic acids is 2. The van der Waals surface area contributed by atoms with Crippen molar-refractivity contribution in [3.8, 4) is 5.75 Å². The van der Waals surface area contributed by atoms with Crippen LogP contribution in [0, 0.1) is 0 Å². The van der Waals surface area contributed by atoms with Crippen LogP contribution in [-0.4, -0.2) is 24.5 Å². The first-order valence-electron chi connectivity index (χ1n) is 10.6. The van der Waals surface area contributed by atoms with Crippen LogP contribution in [0.25, 0.3) is 0 Å². The molecule has 1 heterocycles. The molecule has 152 valence electrons. The highest BCUT2D eigenvalue weighted by molar-refractivity contribution is 5.95. The van der Waals surface area contributed by atoms with Crippen molar-refractivity contribution < 1.29 is 14.3 Å². The Morgan fingerprint density at radius 2 is 1.90 bits per heavy atom. The van der Waals surface area contributed by atoms with Crippen LogP contribution >= 0.6 is 0 Å². The lowest BCUT2D eigenvalue weighted by atomic mass is 9.92. The van der Waals surface area contributed by atoms with Crippen LogP contribution in [0.5, 0.6) is 5.75 Å². The molecule has 0 spiro atoms. The molecule has 1 N–H and O–H groups in total. The van der Waals surface area contributed by atoms with Gasteiger partial charge in [-0.2, -0.15) is 0 Å². The van der Waals surface area contributed by atoms with Crippen LogP contribution in [0.3, 0.4) is 0 Å². The smallest absolute Gasteiger partial charge is 0.261 e. The van der Waals surface area contributed by atoms with Gasteiger partial charge in [0.2, 0.25) is 5.91 Å². The van der Waals surface area contributed by atoms with Crippen molar-refractivity contribution in [1.29, 1.82) is 0 Å². The summed E-state index contributed by atoms with van der Waals surface area (Å²) < 4.78 is 5.88. The normalized spacial score (nSPS) is 17.0. The predicted octanol–water partition coefficient (Wildman–Crippen LogP) is 3.78. The number of ether oxygens (including phenoxy) is 1. The fourth-order valence-corrected chi connectivity index (χ4v) is 4.13. The van der Waals surface area contributed by atoms with Crippen molar-refractivity contribution in [2.24, 2.45) is 0 Å². The molecule has 2 aromatic rings. The van der Waals surface area contributed by atoms with Gasteiger partial charge >= 0.3 is 0 Å². The van der Waals surface area contributed by atoms with E-state index in [-0.39, 0.29) is 11.8 Å². The van der Waals surface area contributed by atoms with Crippen LogP contribution in [-0.2, 0) is 29.0 Å². The quantitative estimate of drug-likeness (QED) is 0.814. The molecular weight excluding hydrogens is 364 g/mol. The summed E-state index contributed by atoms with van der Waals surface area (Å²) in [4.78, 5) is 26.3. The Labute approximate surface area is 172 Å². The summed E-state index contributed by atoms with van der Waals surface area (Å²) >= 11 is 0. The third-order valence-corrected chi connectivity index (χ3v) is 5.76. The van der Waals surface area contributed by atoms with Gasteiger partial charge in [-0.1, -0.05) is 18.2 Å². The van der Waals surface area contributed by atoms with E-state index >= 15 is 0 Å². The molecule has 1 aliphatic carbocycles. The number of hydrogen-bond donors (Lipinski definition) is 1. The first-order valence-corrected chi connectivity index (χ1v) is 10.6. The Kier molecular flexibility index (Phi) is 5.84. The van der Waals surface area contributed by atoms with Gasteiger partial charge in [-0.3, -0.25) is 9.59 Å². The Morgan fingerprint density at radius 3 is 2.69 bits per heavy atom. The second-order valence-electron chi connectivity index (χ2n) is 7.93. The van der Waals surface area contributed by atoms with Crippen molar-refractivity contribution in [3.05, 3.63) is 59.2 Å². The molecule has 0 radical (unpaired) electrons. The van der Waals surface area contributed by atoms with Crippen LogP contribution < -0.4 is 15.0 Å². The third kappa shape index (κ3) is 4.61. The van der Waals surface area contributed by atoms with E-state index in [1.165, 1.54) is 24.0 Å². The lowest BCUT2D eigenvalue weighted by Crippen LogP contribution is -2.36. The second kappa shape index (κ2) is 8.68. The number of amides is 2. The van der Waals surface area contributed by atoms with Gasteiger partial charge in [-0.25, -0.2) is 0 Å². The number of carbonyl (C=O) groups is 2. The van der Waals surface area contributed by atoms with Gasteiger partial charge in [0.1, 0.15) is 5.75 Å². The van der Waals surface area contributed by atoms with E-state index in [1.807, 2.05) is 35.2 Å². The predicted molar refractivity (Wildman–Crippen MR) is 113 cm³/mol. The lowest BCUT2D eigenvalue weighted by molar-refractivity contribution is -0.127. The van der Waals surface area contributed by atoms with Gasteiger partial charge in [0.25, 0.3) is 5.91 Å². The number of nitrogens with zero attached hydrogens (tertiary/aromatic N) is 1. The van der Waals surface area contributed by atoms with Gasteiger partial charge in [0.05, 0.1) is 0 Å². The molecule has 0 aromatic heterocycles.